The average Bonchev–Trinajstić information content (AvgIpc) is 2.61. The zero-order valence-electron chi connectivity index (χ0n) is 15.2. The number of hydrogen-bond donors (Lipinski definition) is 1. The Morgan fingerprint density at radius 3 is 2.96 bits per heavy atom. The van der Waals surface area contributed by atoms with Gasteiger partial charge in [0.25, 0.3) is 5.95 Å². The second-order valence-corrected chi connectivity index (χ2v) is 6.09. The molecule has 0 saturated heterocycles. The summed E-state index contributed by atoms with van der Waals surface area (Å²) in [4.78, 5) is 11.9. The molecule has 4 heteroatoms. The van der Waals surface area contributed by atoms with Gasteiger partial charge in [0, 0.05) is 31.7 Å². The molecule has 0 aliphatic carbocycles. The Hall–Kier alpha value is -2.51. The van der Waals surface area contributed by atoms with E-state index in [4.69, 9.17) is 9.15 Å². The van der Waals surface area contributed by atoms with Gasteiger partial charge in [-0.1, -0.05) is 37.1 Å². The first-order chi connectivity index (χ1) is 12.7. The van der Waals surface area contributed by atoms with Crippen molar-refractivity contribution in [3.05, 3.63) is 64.3 Å². The van der Waals surface area contributed by atoms with Crippen LogP contribution in [0.3, 0.4) is 0 Å². The quantitative estimate of drug-likeness (QED) is 0.603. The number of allylic oxidation sites excluding steroid dienone is 4. The number of aliphatic hydroxyl groups excluding tert-OH is 1. The summed E-state index contributed by atoms with van der Waals surface area (Å²) in [5.74, 6) is 7.74. The van der Waals surface area contributed by atoms with Crippen molar-refractivity contribution in [2.45, 2.75) is 58.0 Å². The topological polar surface area (TPSA) is 59.7 Å². The maximum atomic E-state index is 11.9. The molecule has 0 radical (unpaired) electrons. The second-order valence-electron chi connectivity index (χ2n) is 6.09. The molecule has 4 nitrogen and oxygen atoms in total. The molecule has 2 bridgehead atoms. The van der Waals surface area contributed by atoms with Crippen LogP contribution in [-0.4, -0.2) is 11.2 Å². The van der Waals surface area contributed by atoms with Gasteiger partial charge in [0.05, 0.1) is 12.2 Å². The lowest BCUT2D eigenvalue weighted by atomic mass is 10.1. The highest BCUT2D eigenvalue weighted by molar-refractivity contribution is 5.17. The van der Waals surface area contributed by atoms with E-state index in [-0.39, 0.29) is 11.4 Å². The van der Waals surface area contributed by atoms with E-state index in [0.717, 1.165) is 19.3 Å². The van der Waals surface area contributed by atoms with E-state index in [0.29, 0.717) is 37.2 Å². The van der Waals surface area contributed by atoms with Crippen LogP contribution >= 0.6 is 0 Å². The van der Waals surface area contributed by atoms with E-state index < -0.39 is 6.10 Å². The van der Waals surface area contributed by atoms with Gasteiger partial charge in [-0.2, -0.15) is 0 Å². The number of hydrogen-bond acceptors (Lipinski definition) is 4. The molecule has 0 spiro atoms. The van der Waals surface area contributed by atoms with E-state index in [2.05, 4.69) is 11.8 Å². The molecule has 1 aromatic rings. The van der Waals surface area contributed by atoms with Gasteiger partial charge < -0.3 is 14.3 Å². The molecular formula is C22H26O4. The van der Waals surface area contributed by atoms with Crippen LogP contribution in [0.15, 0.2) is 57.5 Å². The number of rotatable bonds is 1. The predicted octanol–water partition coefficient (Wildman–Crippen LogP) is 4.30. The third-order valence-electron chi connectivity index (χ3n) is 3.85. The standard InChI is InChI=1S/C22H26O4/c1-2-20-15-11-13-18(23)12-9-7-5-3-4-6-8-10-14-21-16-19(24)17-22(25-20)26-21/h7,9,11,13,15-18,23H,2,5-6,8,10,12,14H2,1H3/b9-7-,13-11+,20-15-. The highest BCUT2D eigenvalue weighted by atomic mass is 16.6. The van der Waals surface area contributed by atoms with E-state index in [1.165, 1.54) is 12.1 Å². The molecule has 1 aromatic heterocycles. The first-order valence-electron chi connectivity index (χ1n) is 9.15. The Bertz CT molecular complexity index is 771. The summed E-state index contributed by atoms with van der Waals surface area (Å²) in [7, 11) is 0. The summed E-state index contributed by atoms with van der Waals surface area (Å²) in [5.41, 5.74) is -0.126. The molecule has 1 aliphatic rings. The zero-order chi connectivity index (χ0) is 18.6. The third kappa shape index (κ3) is 7.58. The number of ether oxygens (including phenoxy) is 1. The first kappa shape index (κ1) is 19.8. The average molecular weight is 354 g/mol. The third-order valence-corrected chi connectivity index (χ3v) is 3.85. The minimum Gasteiger partial charge on any atom is -0.430 e. The fourth-order valence-corrected chi connectivity index (χ4v) is 2.45. The Labute approximate surface area is 154 Å². The molecule has 1 aliphatic heterocycles. The van der Waals surface area contributed by atoms with Crippen molar-refractivity contribution >= 4 is 0 Å². The van der Waals surface area contributed by atoms with Crippen molar-refractivity contribution in [3.8, 4) is 17.8 Å². The van der Waals surface area contributed by atoms with Crippen LogP contribution in [0.5, 0.6) is 5.95 Å². The van der Waals surface area contributed by atoms with Crippen LogP contribution in [0.25, 0.3) is 0 Å². The van der Waals surface area contributed by atoms with Crippen molar-refractivity contribution in [1.29, 1.82) is 0 Å². The van der Waals surface area contributed by atoms with Crippen LogP contribution in [0.1, 0.15) is 51.2 Å². The minimum absolute atomic E-state index is 0.126. The summed E-state index contributed by atoms with van der Waals surface area (Å²) in [6, 6.07) is 2.86. The highest BCUT2D eigenvalue weighted by Gasteiger charge is 2.06. The van der Waals surface area contributed by atoms with Crippen LogP contribution in [-0.2, 0) is 6.42 Å². The Morgan fingerprint density at radius 2 is 2.12 bits per heavy atom. The number of aryl methyl sites for hydroxylation is 1. The maximum absolute atomic E-state index is 11.9. The van der Waals surface area contributed by atoms with Crippen molar-refractivity contribution in [3.63, 3.8) is 0 Å². The molecule has 2 rings (SSSR count). The summed E-state index contributed by atoms with van der Waals surface area (Å²) >= 11 is 0. The van der Waals surface area contributed by atoms with E-state index in [9.17, 15) is 9.90 Å². The molecule has 0 saturated carbocycles. The molecule has 0 amide bonds. The lowest BCUT2D eigenvalue weighted by Crippen LogP contribution is -2.03. The molecule has 1 unspecified atom stereocenters. The van der Waals surface area contributed by atoms with Crippen molar-refractivity contribution in [1.82, 2.24) is 0 Å². The fourth-order valence-electron chi connectivity index (χ4n) is 2.45. The Kier molecular flexibility index (Phi) is 8.51. The SMILES string of the molecule is CC/C1=C/C=C/C(O)C/C=C\CC#CCCCCc2cc(=O)cc(o2)O1. The predicted molar refractivity (Wildman–Crippen MR) is 103 cm³/mol. The first-order valence-corrected chi connectivity index (χ1v) is 9.15. The summed E-state index contributed by atoms with van der Waals surface area (Å²) < 4.78 is 11.4. The molecular weight excluding hydrogens is 328 g/mol. The van der Waals surface area contributed by atoms with Crippen LogP contribution < -0.4 is 10.2 Å². The molecule has 26 heavy (non-hydrogen) atoms. The Balaban J connectivity index is 2.19. The molecule has 2 heterocycles. The molecule has 138 valence electrons. The summed E-state index contributed by atoms with van der Waals surface area (Å²) in [5, 5.41) is 9.94. The second kappa shape index (κ2) is 11.2. The molecule has 0 fully saturated rings. The molecule has 0 aromatic carbocycles. The number of fused-ring (bicyclic) bond motifs is 2. The van der Waals surface area contributed by atoms with Gasteiger partial charge >= 0.3 is 0 Å². The summed E-state index contributed by atoms with van der Waals surface area (Å²) in [6.45, 7) is 1.95. The minimum atomic E-state index is -0.558. The lowest BCUT2D eigenvalue weighted by Gasteiger charge is -2.08. The van der Waals surface area contributed by atoms with E-state index in [1.54, 1.807) is 18.2 Å². The van der Waals surface area contributed by atoms with Crippen molar-refractivity contribution in [2.24, 2.45) is 0 Å². The monoisotopic (exact) mass is 354 g/mol. The largest absolute Gasteiger partial charge is 0.430 e. The van der Waals surface area contributed by atoms with Gasteiger partial charge in [0.2, 0.25) is 0 Å². The van der Waals surface area contributed by atoms with Gasteiger partial charge in [-0.3, -0.25) is 4.79 Å². The van der Waals surface area contributed by atoms with Crippen molar-refractivity contribution in [2.75, 3.05) is 0 Å². The van der Waals surface area contributed by atoms with Crippen LogP contribution in [0.2, 0.25) is 0 Å². The van der Waals surface area contributed by atoms with Crippen LogP contribution in [0.4, 0.5) is 0 Å². The normalized spacial score (nSPS) is 23.6. The van der Waals surface area contributed by atoms with E-state index in [1.807, 2.05) is 19.1 Å². The van der Waals surface area contributed by atoms with Gasteiger partial charge in [-0.15, -0.1) is 5.92 Å². The molecule has 1 N–H and O–H groups in total. The van der Waals surface area contributed by atoms with Gasteiger partial charge in [-0.05, 0) is 25.3 Å². The van der Waals surface area contributed by atoms with Crippen molar-refractivity contribution < 1.29 is 14.3 Å². The van der Waals surface area contributed by atoms with Gasteiger partial charge in [0.1, 0.15) is 11.5 Å². The van der Waals surface area contributed by atoms with E-state index >= 15 is 0 Å². The molecule has 1 atom stereocenters. The van der Waals surface area contributed by atoms with Crippen LogP contribution in [0, 0.1) is 11.8 Å². The maximum Gasteiger partial charge on any atom is 0.293 e. The van der Waals surface area contributed by atoms with Gasteiger partial charge in [0.15, 0.2) is 5.43 Å². The number of aliphatic hydroxyl groups is 1. The van der Waals surface area contributed by atoms with Gasteiger partial charge in [-0.25, -0.2) is 0 Å². The Morgan fingerprint density at radius 1 is 1.23 bits per heavy atom. The fraction of sp³-hybridized carbons (Fsp3) is 0.409. The summed E-state index contributed by atoms with van der Waals surface area (Å²) in [6.07, 6.45) is 13.9. The highest BCUT2D eigenvalue weighted by Crippen LogP contribution is 2.17. The smallest absolute Gasteiger partial charge is 0.293 e. The lowest BCUT2D eigenvalue weighted by molar-refractivity contribution is 0.227. The zero-order valence-corrected chi connectivity index (χ0v) is 15.2.